The lowest BCUT2D eigenvalue weighted by Crippen LogP contribution is -2.29. The SMILES string of the molecule is Cc1cccc(C)c1-n1c(C)cc([C@H]2[C@@H](c3ccccn3)N=C3S[C@@H](C)CN32)c1C. The summed E-state index contributed by atoms with van der Waals surface area (Å²) in [5, 5.41) is 1.73. The molecular weight excluding hydrogens is 388 g/mol. The maximum absolute atomic E-state index is 5.15. The first-order valence-electron chi connectivity index (χ1n) is 10.6. The number of aromatic nitrogens is 2. The van der Waals surface area contributed by atoms with Gasteiger partial charge in [0.2, 0.25) is 0 Å². The molecular formula is C25H28N4S. The standard InChI is InChI=1S/C25H28N4S/c1-15-9-8-10-16(2)23(15)29-17(3)13-20(19(29)5)24-22(21-11-6-7-12-26-21)27-25-28(24)14-18(4)30-25/h6-13,18,22,24H,14H2,1-5H3/t18-,22+,24-/m0/s1. The normalized spacial score (nSPS) is 23.0. The van der Waals surface area contributed by atoms with E-state index in [0.29, 0.717) is 5.25 Å². The minimum Gasteiger partial charge on any atom is -0.341 e. The Morgan fingerprint density at radius 3 is 2.47 bits per heavy atom. The van der Waals surface area contributed by atoms with Gasteiger partial charge in [-0.1, -0.05) is 43.0 Å². The van der Waals surface area contributed by atoms with Crippen molar-refractivity contribution in [2.45, 2.75) is 52.0 Å². The number of rotatable bonds is 3. The van der Waals surface area contributed by atoms with Crippen molar-refractivity contribution in [2.75, 3.05) is 6.54 Å². The minimum absolute atomic E-state index is 0.0353. The number of para-hydroxylation sites is 1. The summed E-state index contributed by atoms with van der Waals surface area (Å²) in [5.41, 5.74) is 8.90. The smallest absolute Gasteiger partial charge is 0.160 e. The molecule has 5 heteroatoms. The van der Waals surface area contributed by atoms with Crippen molar-refractivity contribution in [1.82, 2.24) is 14.5 Å². The van der Waals surface area contributed by atoms with Crippen LogP contribution in [0, 0.1) is 27.7 Å². The molecule has 0 saturated carbocycles. The van der Waals surface area contributed by atoms with Gasteiger partial charge in [-0.05, 0) is 62.6 Å². The van der Waals surface area contributed by atoms with E-state index in [1.165, 1.54) is 38.9 Å². The van der Waals surface area contributed by atoms with Gasteiger partial charge >= 0.3 is 0 Å². The Hall–Kier alpha value is -2.53. The first kappa shape index (κ1) is 19.4. The van der Waals surface area contributed by atoms with Gasteiger partial charge in [-0.25, -0.2) is 0 Å². The summed E-state index contributed by atoms with van der Waals surface area (Å²) in [4.78, 5) is 12.3. The van der Waals surface area contributed by atoms with Crippen molar-refractivity contribution >= 4 is 16.9 Å². The Morgan fingerprint density at radius 1 is 1.00 bits per heavy atom. The Bertz CT molecular complexity index is 1110. The van der Waals surface area contributed by atoms with Crippen LogP contribution in [0.3, 0.4) is 0 Å². The highest BCUT2D eigenvalue weighted by atomic mass is 32.2. The molecule has 1 saturated heterocycles. The van der Waals surface area contributed by atoms with Gasteiger partial charge in [-0.15, -0.1) is 0 Å². The topological polar surface area (TPSA) is 33.4 Å². The molecule has 4 heterocycles. The molecule has 3 aromatic rings. The largest absolute Gasteiger partial charge is 0.341 e. The van der Waals surface area contributed by atoms with Gasteiger partial charge in [0.05, 0.1) is 17.4 Å². The third-order valence-corrected chi connectivity index (χ3v) is 7.44. The predicted octanol–water partition coefficient (Wildman–Crippen LogP) is 5.70. The van der Waals surface area contributed by atoms with E-state index in [9.17, 15) is 0 Å². The fourth-order valence-corrected chi connectivity index (χ4v) is 6.14. The number of aliphatic imine (C=N–C) groups is 1. The molecule has 4 nitrogen and oxygen atoms in total. The minimum atomic E-state index is 0.0353. The molecule has 0 aliphatic carbocycles. The zero-order valence-corrected chi connectivity index (χ0v) is 19.1. The summed E-state index contributed by atoms with van der Waals surface area (Å²) >= 11 is 1.89. The van der Waals surface area contributed by atoms with E-state index in [1.807, 2.05) is 24.0 Å². The van der Waals surface area contributed by atoms with Gasteiger partial charge < -0.3 is 9.47 Å². The number of hydrogen-bond acceptors (Lipinski definition) is 4. The Labute approximate surface area is 183 Å². The van der Waals surface area contributed by atoms with Crippen LogP contribution in [0.25, 0.3) is 5.69 Å². The molecule has 1 aromatic carbocycles. The lowest BCUT2D eigenvalue weighted by molar-refractivity contribution is 0.320. The third kappa shape index (κ3) is 2.99. The van der Waals surface area contributed by atoms with Crippen LogP contribution < -0.4 is 0 Å². The molecule has 5 rings (SSSR count). The fraction of sp³-hybridized carbons (Fsp3) is 0.360. The molecule has 0 bridgehead atoms. The van der Waals surface area contributed by atoms with E-state index in [1.54, 1.807) is 0 Å². The van der Waals surface area contributed by atoms with Crippen molar-refractivity contribution in [3.05, 3.63) is 82.4 Å². The van der Waals surface area contributed by atoms with Crippen molar-refractivity contribution in [3.8, 4) is 5.69 Å². The Kier molecular flexibility index (Phi) is 4.73. The van der Waals surface area contributed by atoms with Gasteiger partial charge in [-0.2, -0.15) is 0 Å². The quantitative estimate of drug-likeness (QED) is 0.549. The first-order chi connectivity index (χ1) is 14.5. The van der Waals surface area contributed by atoms with Crippen LogP contribution in [0.5, 0.6) is 0 Å². The fourth-order valence-electron chi connectivity index (χ4n) is 5.04. The average molecular weight is 417 g/mol. The summed E-state index contributed by atoms with van der Waals surface area (Å²) in [6.45, 7) is 12.2. The number of pyridine rings is 1. The molecule has 2 aliphatic heterocycles. The second-order valence-electron chi connectivity index (χ2n) is 8.54. The van der Waals surface area contributed by atoms with Gasteiger partial charge in [0.25, 0.3) is 0 Å². The maximum Gasteiger partial charge on any atom is 0.160 e. The molecule has 30 heavy (non-hydrogen) atoms. The number of nitrogens with zero attached hydrogens (tertiary/aromatic N) is 4. The second kappa shape index (κ2) is 7.31. The number of benzene rings is 1. The van der Waals surface area contributed by atoms with Gasteiger partial charge in [0.15, 0.2) is 5.17 Å². The number of hydrogen-bond donors (Lipinski definition) is 0. The molecule has 0 unspecified atom stereocenters. The van der Waals surface area contributed by atoms with Crippen LogP contribution in [-0.4, -0.2) is 31.4 Å². The van der Waals surface area contributed by atoms with Crippen LogP contribution in [0.4, 0.5) is 0 Å². The second-order valence-corrected chi connectivity index (χ2v) is 9.94. The van der Waals surface area contributed by atoms with E-state index in [-0.39, 0.29) is 12.1 Å². The summed E-state index contributed by atoms with van der Waals surface area (Å²) in [6, 6.07) is 15.3. The molecule has 0 spiro atoms. The molecule has 3 atom stereocenters. The number of fused-ring (bicyclic) bond motifs is 1. The first-order valence-corrected chi connectivity index (χ1v) is 11.5. The van der Waals surface area contributed by atoms with Crippen molar-refractivity contribution in [1.29, 1.82) is 0 Å². The zero-order valence-electron chi connectivity index (χ0n) is 18.3. The predicted molar refractivity (Wildman–Crippen MR) is 126 cm³/mol. The summed E-state index contributed by atoms with van der Waals surface area (Å²) in [5.74, 6) is 0. The van der Waals surface area contributed by atoms with Crippen molar-refractivity contribution < 1.29 is 0 Å². The maximum atomic E-state index is 5.15. The van der Waals surface area contributed by atoms with Crippen LogP contribution in [-0.2, 0) is 0 Å². The highest BCUT2D eigenvalue weighted by molar-refractivity contribution is 8.14. The lowest BCUT2D eigenvalue weighted by Gasteiger charge is -2.27. The monoisotopic (exact) mass is 416 g/mol. The van der Waals surface area contributed by atoms with E-state index in [2.05, 4.69) is 85.5 Å². The van der Waals surface area contributed by atoms with Crippen LogP contribution in [0.2, 0.25) is 0 Å². The highest BCUT2D eigenvalue weighted by Gasteiger charge is 2.44. The zero-order chi connectivity index (χ0) is 21.0. The van der Waals surface area contributed by atoms with Crippen LogP contribution in [0.1, 0.15) is 52.8 Å². The van der Waals surface area contributed by atoms with Crippen LogP contribution >= 0.6 is 11.8 Å². The average Bonchev–Trinajstić information content (AvgIpc) is 3.33. The Morgan fingerprint density at radius 2 is 1.77 bits per heavy atom. The summed E-state index contributed by atoms with van der Waals surface area (Å²) in [6.07, 6.45) is 1.88. The van der Waals surface area contributed by atoms with Gasteiger partial charge in [0, 0.05) is 29.4 Å². The molecule has 154 valence electrons. The van der Waals surface area contributed by atoms with E-state index >= 15 is 0 Å². The lowest BCUT2D eigenvalue weighted by atomic mass is 9.96. The van der Waals surface area contributed by atoms with E-state index < -0.39 is 0 Å². The van der Waals surface area contributed by atoms with Crippen molar-refractivity contribution in [2.24, 2.45) is 4.99 Å². The van der Waals surface area contributed by atoms with Crippen molar-refractivity contribution in [3.63, 3.8) is 0 Å². The molecule has 0 N–H and O–H groups in total. The molecule has 2 aromatic heterocycles. The molecule has 2 aliphatic rings. The Balaban J connectivity index is 1.66. The molecule has 1 fully saturated rings. The van der Waals surface area contributed by atoms with Gasteiger partial charge in [-0.3, -0.25) is 9.98 Å². The van der Waals surface area contributed by atoms with Crippen LogP contribution in [0.15, 0.2) is 53.7 Å². The van der Waals surface area contributed by atoms with E-state index in [4.69, 9.17) is 4.99 Å². The number of thioether (sulfide) groups is 1. The number of aryl methyl sites for hydroxylation is 3. The summed E-state index contributed by atoms with van der Waals surface area (Å²) < 4.78 is 2.43. The molecule has 0 amide bonds. The third-order valence-electron chi connectivity index (χ3n) is 6.33. The van der Waals surface area contributed by atoms with E-state index in [0.717, 1.165) is 12.2 Å². The number of amidine groups is 1. The highest BCUT2D eigenvalue weighted by Crippen LogP contribution is 2.49. The van der Waals surface area contributed by atoms with Gasteiger partial charge in [0.1, 0.15) is 6.04 Å². The summed E-state index contributed by atoms with van der Waals surface area (Å²) in [7, 11) is 0. The molecule has 0 radical (unpaired) electrons.